The van der Waals surface area contributed by atoms with Crippen LogP contribution in [0.2, 0.25) is 0 Å². The molecule has 1 aromatic carbocycles. The maximum Gasteiger partial charge on any atom is 0.300 e. The quantitative estimate of drug-likeness (QED) is 0.684. The van der Waals surface area contributed by atoms with E-state index in [1.165, 1.54) is 36.0 Å². The summed E-state index contributed by atoms with van der Waals surface area (Å²) in [5.41, 5.74) is 0.553. The number of amides is 1. The van der Waals surface area contributed by atoms with Gasteiger partial charge in [-0.1, -0.05) is 25.1 Å². The average molecular weight is 374 g/mol. The summed E-state index contributed by atoms with van der Waals surface area (Å²) in [6, 6.07) is 11.2. The van der Waals surface area contributed by atoms with E-state index in [1.54, 1.807) is 31.2 Å². The summed E-state index contributed by atoms with van der Waals surface area (Å²) in [7, 11) is -4.15. The molecule has 0 fully saturated rings. The second-order valence-electron chi connectivity index (χ2n) is 5.76. The summed E-state index contributed by atoms with van der Waals surface area (Å²) in [4.78, 5) is 25.2. The van der Waals surface area contributed by atoms with Crippen LogP contribution < -0.4 is 0 Å². The number of aromatic nitrogens is 1. The molecular formula is C18H18N2O5S. The summed E-state index contributed by atoms with van der Waals surface area (Å²) < 4.78 is 32.6. The Morgan fingerprint density at radius 3 is 2.50 bits per heavy atom. The van der Waals surface area contributed by atoms with Crippen molar-refractivity contribution < 1.29 is 22.4 Å². The van der Waals surface area contributed by atoms with Crippen LogP contribution in [0.3, 0.4) is 0 Å². The Labute approximate surface area is 150 Å². The predicted octanol–water partition coefficient (Wildman–Crippen LogP) is 3.14. The molecule has 0 aliphatic carbocycles. The molecule has 7 nitrogen and oxygen atoms in total. The second kappa shape index (κ2) is 6.80. The lowest BCUT2D eigenvalue weighted by molar-refractivity contribution is 0.0826. The minimum atomic E-state index is -4.15. The van der Waals surface area contributed by atoms with Gasteiger partial charge in [0.2, 0.25) is 11.0 Å². The van der Waals surface area contributed by atoms with E-state index in [0.29, 0.717) is 17.3 Å². The number of nitrogens with zero attached hydrogens (tertiary/aromatic N) is 2. The second-order valence-corrected chi connectivity index (χ2v) is 7.55. The monoisotopic (exact) mass is 374 g/mol. The summed E-state index contributed by atoms with van der Waals surface area (Å²) in [6.45, 7) is 3.06. The Kier molecular flexibility index (Phi) is 4.69. The number of furan rings is 1. The Balaban J connectivity index is 2.16. The molecule has 0 saturated carbocycles. The molecule has 0 spiro atoms. The molecule has 0 N–H and O–H groups in total. The summed E-state index contributed by atoms with van der Waals surface area (Å²) in [6.07, 6.45) is 1.65. The molecule has 136 valence electrons. The zero-order chi connectivity index (χ0) is 18.9. The van der Waals surface area contributed by atoms with Crippen LogP contribution in [0.4, 0.5) is 0 Å². The van der Waals surface area contributed by atoms with Gasteiger partial charge in [-0.15, -0.1) is 0 Å². The number of para-hydroxylation sites is 1. The van der Waals surface area contributed by atoms with Gasteiger partial charge in [-0.3, -0.25) is 14.2 Å². The van der Waals surface area contributed by atoms with E-state index in [0.717, 1.165) is 4.31 Å². The molecule has 3 rings (SSSR count). The summed E-state index contributed by atoms with van der Waals surface area (Å²) in [5.74, 6) is -1.14. The van der Waals surface area contributed by atoms with Crippen LogP contribution in [0.15, 0.2) is 58.2 Å². The van der Waals surface area contributed by atoms with Crippen molar-refractivity contribution in [2.45, 2.75) is 25.4 Å². The third-order valence-electron chi connectivity index (χ3n) is 3.94. The lowest BCUT2D eigenvalue weighted by Crippen LogP contribution is -2.38. The zero-order valence-electron chi connectivity index (χ0n) is 14.4. The van der Waals surface area contributed by atoms with Crippen molar-refractivity contribution in [3.05, 3.63) is 54.4 Å². The highest BCUT2D eigenvalue weighted by Gasteiger charge is 2.34. The molecular weight excluding hydrogens is 356 g/mol. The smallest absolute Gasteiger partial charge is 0.300 e. The first-order valence-corrected chi connectivity index (χ1v) is 9.54. The molecule has 2 heterocycles. The van der Waals surface area contributed by atoms with Gasteiger partial charge in [-0.05, 0) is 30.7 Å². The fraction of sp³-hybridized carbons (Fsp3) is 0.222. The van der Waals surface area contributed by atoms with Crippen molar-refractivity contribution in [1.29, 1.82) is 0 Å². The van der Waals surface area contributed by atoms with E-state index < -0.39 is 15.9 Å². The Hall–Kier alpha value is -2.87. The Bertz CT molecular complexity index is 1060. The van der Waals surface area contributed by atoms with Crippen LogP contribution in [-0.4, -0.2) is 35.6 Å². The van der Waals surface area contributed by atoms with Crippen LogP contribution in [0, 0.1) is 0 Å². The maximum atomic E-state index is 13.1. The minimum Gasteiger partial charge on any atom is -0.451 e. The van der Waals surface area contributed by atoms with E-state index >= 15 is 0 Å². The number of benzene rings is 1. The van der Waals surface area contributed by atoms with Gasteiger partial charge in [-0.25, -0.2) is 4.31 Å². The molecule has 0 aliphatic rings. The van der Waals surface area contributed by atoms with Gasteiger partial charge in [0, 0.05) is 18.9 Å². The van der Waals surface area contributed by atoms with E-state index in [-0.39, 0.29) is 23.2 Å². The first kappa shape index (κ1) is 17.9. The summed E-state index contributed by atoms with van der Waals surface area (Å²) in [5, 5.41) is 0.364. The standard InChI is InChI=1S/C18H18N2O5S/c1-3-10-19(26(23,24)17-9-6-11-25-17)18(22)16-12-14-7-4-5-8-15(14)20(16)13(2)21/h4-9,11-12H,3,10H2,1-2H3. The highest BCUT2D eigenvalue weighted by molar-refractivity contribution is 7.89. The normalized spacial score (nSPS) is 11.6. The van der Waals surface area contributed by atoms with Crippen molar-refractivity contribution in [2.75, 3.05) is 6.54 Å². The lowest BCUT2D eigenvalue weighted by atomic mass is 10.2. The van der Waals surface area contributed by atoms with Gasteiger partial charge in [-0.2, -0.15) is 8.42 Å². The van der Waals surface area contributed by atoms with Crippen molar-refractivity contribution >= 4 is 32.7 Å². The average Bonchev–Trinajstić information content (AvgIpc) is 3.26. The minimum absolute atomic E-state index is 0.00211. The summed E-state index contributed by atoms with van der Waals surface area (Å²) >= 11 is 0. The highest BCUT2D eigenvalue weighted by atomic mass is 32.2. The Morgan fingerprint density at radius 1 is 1.15 bits per heavy atom. The zero-order valence-corrected chi connectivity index (χ0v) is 15.2. The van der Waals surface area contributed by atoms with Crippen LogP contribution in [0.5, 0.6) is 0 Å². The third kappa shape index (κ3) is 2.92. The Morgan fingerprint density at radius 2 is 1.88 bits per heavy atom. The molecule has 0 aliphatic heterocycles. The first-order valence-electron chi connectivity index (χ1n) is 8.10. The number of rotatable bonds is 5. The molecule has 0 bridgehead atoms. The fourth-order valence-electron chi connectivity index (χ4n) is 2.83. The van der Waals surface area contributed by atoms with E-state index in [4.69, 9.17) is 4.42 Å². The maximum absolute atomic E-state index is 13.1. The topological polar surface area (TPSA) is 89.6 Å². The van der Waals surface area contributed by atoms with E-state index in [1.807, 2.05) is 0 Å². The third-order valence-corrected chi connectivity index (χ3v) is 5.61. The molecule has 26 heavy (non-hydrogen) atoms. The number of hydrogen-bond donors (Lipinski definition) is 0. The molecule has 1 amide bonds. The fourth-order valence-corrected chi connectivity index (χ4v) is 4.21. The van der Waals surface area contributed by atoms with Gasteiger partial charge < -0.3 is 4.42 Å². The molecule has 3 aromatic rings. The van der Waals surface area contributed by atoms with Crippen LogP contribution in [-0.2, 0) is 10.0 Å². The van der Waals surface area contributed by atoms with Crippen molar-refractivity contribution in [2.24, 2.45) is 0 Å². The molecule has 0 saturated heterocycles. The number of carbonyl (C=O) groups is 2. The lowest BCUT2D eigenvalue weighted by Gasteiger charge is -2.21. The van der Waals surface area contributed by atoms with Crippen LogP contribution in [0.1, 0.15) is 35.6 Å². The van der Waals surface area contributed by atoms with Crippen LogP contribution in [0.25, 0.3) is 10.9 Å². The molecule has 0 unspecified atom stereocenters. The SMILES string of the molecule is CCCN(C(=O)c1cc2ccccc2n1C(C)=O)S(=O)(=O)c1ccco1. The molecule has 8 heteroatoms. The van der Waals surface area contributed by atoms with Gasteiger partial charge >= 0.3 is 0 Å². The van der Waals surface area contributed by atoms with Crippen LogP contribution >= 0.6 is 0 Å². The van der Waals surface area contributed by atoms with Gasteiger partial charge in [0.05, 0.1) is 11.8 Å². The largest absolute Gasteiger partial charge is 0.451 e. The molecule has 0 atom stereocenters. The van der Waals surface area contributed by atoms with Gasteiger partial charge in [0.1, 0.15) is 5.69 Å². The van der Waals surface area contributed by atoms with Crippen molar-refractivity contribution in [3.8, 4) is 0 Å². The van der Waals surface area contributed by atoms with E-state index in [9.17, 15) is 18.0 Å². The van der Waals surface area contributed by atoms with Gasteiger partial charge in [0.25, 0.3) is 15.9 Å². The number of fused-ring (bicyclic) bond motifs is 1. The number of sulfonamides is 1. The van der Waals surface area contributed by atoms with E-state index in [2.05, 4.69) is 0 Å². The number of hydrogen-bond acceptors (Lipinski definition) is 5. The highest BCUT2D eigenvalue weighted by Crippen LogP contribution is 2.24. The van der Waals surface area contributed by atoms with Crippen molar-refractivity contribution in [3.63, 3.8) is 0 Å². The van der Waals surface area contributed by atoms with Crippen molar-refractivity contribution in [1.82, 2.24) is 8.87 Å². The number of carbonyl (C=O) groups excluding carboxylic acids is 2. The van der Waals surface area contributed by atoms with Gasteiger partial charge in [0.15, 0.2) is 0 Å². The molecule has 2 aromatic heterocycles. The molecule has 0 radical (unpaired) electrons. The first-order chi connectivity index (χ1) is 12.4. The predicted molar refractivity (Wildman–Crippen MR) is 95.5 cm³/mol.